The zero-order chi connectivity index (χ0) is 12.4. The lowest BCUT2D eigenvalue weighted by molar-refractivity contribution is 0.939. The number of alkyl halides is 1. The summed E-state index contributed by atoms with van der Waals surface area (Å²) in [6.07, 6.45) is 1.01. The van der Waals surface area contributed by atoms with Gasteiger partial charge < -0.3 is 0 Å². The predicted molar refractivity (Wildman–Crippen MR) is 86.3 cm³/mol. The first-order chi connectivity index (χ1) is 8.08. The minimum Gasteiger partial charge on any atom is -0.121 e. The lowest BCUT2D eigenvalue weighted by atomic mass is 10.0. The van der Waals surface area contributed by atoms with E-state index in [0.717, 1.165) is 10.2 Å². The third-order valence-corrected chi connectivity index (χ3v) is 5.88. The SMILES string of the molecule is Cc1ccccc1CC(Br)c1cc(Br)sc1Br. The fraction of sp³-hybridized carbons (Fsp3) is 0.231. The molecule has 0 saturated carbocycles. The molecule has 0 aliphatic rings. The number of rotatable bonds is 3. The molecule has 0 saturated heterocycles. The fourth-order valence-corrected chi connectivity index (χ4v) is 5.85. The van der Waals surface area contributed by atoms with Gasteiger partial charge in [0.15, 0.2) is 0 Å². The molecule has 0 nitrogen and oxygen atoms in total. The smallest absolute Gasteiger partial charge is 0.0753 e. The molecule has 1 aromatic carbocycles. The number of hydrogen-bond acceptors (Lipinski definition) is 1. The second kappa shape index (κ2) is 6.00. The Kier molecular flexibility index (Phi) is 4.87. The molecule has 17 heavy (non-hydrogen) atoms. The maximum absolute atomic E-state index is 3.78. The van der Waals surface area contributed by atoms with Crippen LogP contribution in [-0.2, 0) is 6.42 Å². The molecule has 0 amide bonds. The first kappa shape index (κ1) is 13.8. The molecule has 1 unspecified atom stereocenters. The number of benzene rings is 1. The van der Waals surface area contributed by atoms with E-state index in [4.69, 9.17) is 0 Å². The van der Waals surface area contributed by atoms with Crippen molar-refractivity contribution < 1.29 is 0 Å². The second-order valence-electron chi connectivity index (χ2n) is 3.88. The average molecular weight is 439 g/mol. The molecule has 0 N–H and O–H groups in total. The van der Waals surface area contributed by atoms with Crippen LogP contribution in [0.25, 0.3) is 0 Å². The van der Waals surface area contributed by atoms with Gasteiger partial charge in [-0.1, -0.05) is 40.2 Å². The van der Waals surface area contributed by atoms with Gasteiger partial charge in [0.05, 0.1) is 7.57 Å². The third kappa shape index (κ3) is 3.43. The zero-order valence-corrected chi connectivity index (χ0v) is 14.8. The lowest BCUT2D eigenvalue weighted by Crippen LogP contribution is -1.96. The molecule has 4 heteroatoms. The van der Waals surface area contributed by atoms with Gasteiger partial charge in [0, 0.05) is 4.83 Å². The first-order valence-corrected chi connectivity index (χ1v) is 8.53. The Hall–Kier alpha value is 0.360. The Labute approximate surface area is 131 Å². The lowest BCUT2D eigenvalue weighted by Gasteiger charge is -2.11. The van der Waals surface area contributed by atoms with Crippen molar-refractivity contribution in [2.45, 2.75) is 18.2 Å². The van der Waals surface area contributed by atoms with Crippen LogP contribution in [0, 0.1) is 6.92 Å². The van der Waals surface area contributed by atoms with Gasteiger partial charge in [0.2, 0.25) is 0 Å². The minimum absolute atomic E-state index is 0.348. The Morgan fingerprint density at radius 1 is 1.24 bits per heavy atom. The van der Waals surface area contributed by atoms with Crippen molar-refractivity contribution >= 4 is 59.1 Å². The first-order valence-electron chi connectivity index (χ1n) is 5.21. The van der Waals surface area contributed by atoms with E-state index in [1.54, 1.807) is 11.3 Å². The largest absolute Gasteiger partial charge is 0.121 e. The zero-order valence-electron chi connectivity index (χ0n) is 9.21. The van der Waals surface area contributed by atoms with Crippen LogP contribution in [0.15, 0.2) is 37.9 Å². The van der Waals surface area contributed by atoms with E-state index in [1.807, 2.05) is 0 Å². The Balaban J connectivity index is 2.20. The molecule has 0 aliphatic carbocycles. The molecular weight excluding hydrogens is 428 g/mol. The monoisotopic (exact) mass is 436 g/mol. The highest BCUT2D eigenvalue weighted by atomic mass is 79.9. The summed E-state index contributed by atoms with van der Waals surface area (Å²) < 4.78 is 2.36. The average Bonchev–Trinajstić information content (AvgIpc) is 2.61. The van der Waals surface area contributed by atoms with Gasteiger partial charge in [-0.15, -0.1) is 11.3 Å². The van der Waals surface area contributed by atoms with Crippen LogP contribution in [0.2, 0.25) is 0 Å². The van der Waals surface area contributed by atoms with Gasteiger partial charge in [-0.3, -0.25) is 0 Å². The highest BCUT2D eigenvalue weighted by molar-refractivity contribution is 9.12. The topological polar surface area (TPSA) is 0 Å². The Bertz CT molecular complexity index is 519. The van der Waals surface area contributed by atoms with Crippen molar-refractivity contribution in [3.63, 3.8) is 0 Å². The van der Waals surface area contributed by atoms with Crippen LogP contribution < -0.4 is 0 Å². The molecule has 0 spiro atoms. The van der Waals surface area contributed by atoms with Crippen LogP contribution in [0.3, 0.4) is 0 Å². The minimum atomic E-state index is 0.348. The highest BCUT2D eigenvalue weighted by Crippen LogP contribution is 2.40. The summed E-state index contributed by atoms with van der Waals surface area (Å²) in [6.45, 7) is 2.16. The van der Waals surface area contributed by atoms with Crippen molar-refractivity contribution in [3.05, 3.63) is 54.6 Å². The molecule has 2 rings (SSSR count). The molecule has 0 bridgehead atoms. The summed E-state index contributed by atoms with van der Waals surface area (Å²) in [5, 5.41) is 0. The summed E-state index contributed by atoms with van der Waals surface area (Å²) in [4.78, 5) is 0.348. The molecular formula is C13H11Br3S. The molecule has 1 aromatic heterocycles. The number of thiophene rings is 1. The van der Waals surface area contributed by atoms with E-state index < -0.39 is 0 Å². The van der Waals surface area contributed by atoms with Crippen LogP contribution >= 0.6 is 59.1 Å². The summed E-state index contributed by atoms with van der Waals surface area (Å²) in [5.74, 6) is 0. The fourth-order valence-electron chi connectivity index (χ4n) is 1.71. The number of hydrogen-bond donors (Lipinski definition) is 0. The van der Waals surface area contributed by atoms with Crippen molar-refractivity contribution in [2.24, 2.45) is 0 Å². The molecule has 2 aromatic rings. The van der Waals surface area contributed by atoms with Gasteiger partial charge >= 0.3 is 0 Å². The van der Waals surface area contributed by atoms with E-state index in [-0.39, 0.29) is 0 Å². The van der Waals surface area contributed by atoms with Crippen molar-refractivity contribution in [1.82, 2.24) is 0 Å². The quantitative estimate of drug-likeness (QED) is 0.496. The van der Waals surface area contributed by atoms with Gasteiger partial charge in [0.25, 0.3) is 0 Å². The maximum Gasteiger partial charge on any atom is 0.0753 e. The molecule has 0 radical (unpaired) electrons. The number of halogens is 3. The van der Waals surface area contributed by atoms with Gasteiger partial charge in [-0.25, -0.2) is 0 Å². The van der Waals surface area contributed by atoms with Crippen molar-refractivity contribution in [2.75, 3.05) is 0 Å². The third-order valence-electron chi connectivity index (χ3n) is 2.68. The molecule has 90 valence electrons. The van der Waals surface area contributed by atoms with Crippen LogP contribution in [0.1, 0.15) is 21.5 Å². The van der Waals surface area contributed by atoms with E-state index >= 15 is 0 Å². The van der Waals surface area contributed by atoms with E-state index in [9.17, 15) is 0 Å². The second-order valence-corrected chi connectivity index (χ2v) is 8.73. The van der Waals surface area contributed by atoms with Crippen molar-refractivity contribution in [1.29, 1.82) is 0 Å². The summed E-state index contributed by atoms with van der Waals surface area (Å²) in [7, 11) is 0. The van der Waals surface area contributed by atoms with Crippen LogP contribution in [0.4, 0.5) is 0 Å². The highest BCUT2D eigenvalue weighted by Gasteiger charge is 2.15. The van der Waals surface area contributed by atoms with Gasteiger partial charge in [-0.05, 0) is 68.0 Å². The van der Waals surface area contributed by atoms with E-state index in [1.165, 1.54) is 20.5 Å². The van der Waals surface area contributed by atoms with Crippen LogP contribution in [-0.4, -0.2) is 0 Å². The Morgan fingerprint density at radius 2 is 1.94 bits per heavy atom. The summed E-state index contributed by atoms with van der Waals surface area (Å²) >= 11 is 12.6. The van der Waals surface area contributed by atoms with E-state index in [0.29, 0.717) is 4.83 Å². The van der Waals surface area contributed by atoms with Crippen LogP contribution in [0.5, 0.6) is 0 Å². The summed E-state index contributed by atoms with van der Waals surface area (Å²) in [5.41, 5.74) is 4.05. The number of aryl methyl sites for hydroxylation is 1. The molecule has 1 atom stereocenters. The van der Waals surface area contributed by atoms with Gasteiger partial charge in [-0.2, -0.15) is 0 Å². The maximum atomic E-state index is 3.78. The normalized spacial score (nSPS) is 12.7. The molecule has 0 aliphatic heterocycles. The molecule has 1 heterocycles. The summed E-state index contributed by atoms with van der Waals surface area (Å²) in [6, 6.07) is 10.7. The van der Waals surface area contributed by atoms with Gasteiger partial charge in [0.1, 0.15) is 0 Å². The predicted octanol–water partition coefficient (Wildman–Crippen LogP) is 6.26. The standard InChI is InChI=1S/C13H11Br3S/c1-8-4-2-3-5-9(8)6-11(14)10-7-12(15)17-13(10)16/h2-5,7,11H,6H2,1H3. The Morgan fingerprint density at radius 3 is 2.53 bits per heavy atom. The van der Waals surface area contributed by atoms with E-state index in [2.05, 4.69) is 85.0 Å². The molecule has 0 fully saturated rings. The van der Waals surface area contributed by atoms with Crippen molar-refractivity contribution in [3.8, 4) is 0 Å².